The van der Waals surface area contributed by atoms with Crippen molar-refractivity contribution in [2.45, 2.75) is 19.8 Å². The van der Waals surface area contributed by atoms with Gasteiger partial charge in [0.05, 0.1) is 9.26 Å². The molecule has 1 heterocycles. The summed E-state index contributed by atoms with van der Waals surface area (Å²) in [5.41, 5.74) is 1.08. The van der Waals surface area contributed by atoms with E-state index in [4.69, 9.17) is 4.52 Å². The van der Waals surface area contributed by atoms with Crippen molar-refractivity contribution in [2.75, 3.05) is 0 Å². The Morgan fingerprint density at radius 3 is 3.00 bits per heavy atom. The Morgan fingerprint density at radius 2 is 2.56 bits per heavy atom. The summed E-state index contributed by atoms with van der Waals surface area (Å²) < 4.78 is 5.87. The zero-order valence-corrected chi connectivity index (χ0v) is 7.38. The van der Waals surface area contributed by atoms with Crippen molar-refractivity contribution < 1.29 is 4.52 Å². The lowest BCUT2D eigenvalue weighted by molar-refractivity contribution is 0.411. The summed E-state index contributed by atoms with van der Waals surface area (Å²) in [5.74, 6) is 0. The van der Waals surface area contributed by atoms with Crippen LogP contribution in [-0.4, -0.2) is 5.16 Å². The van der Waals surface area contributed by atoms with E-state index in [-0.39, 0.29) is 0 Å². The first kappa shape index (κ1) is 7.05. The Morgan fingerprint density at radius 1 is 1.78 bits per heavy atom. The molecule has 0 radical (unpaired) electrons. The number of nitrogens with zero attached hydrogens (tertiary/aromatic N) is 1. The van der Waals surface area contributed by atoms with E-state index in [1.807, 2.05) is 0 Å². The van der Waals surface area contributed by atoms with Crippen LogP contribution in [-0.2, 0) is 6.42 Å². The van der Waals surface area contributed by atoms with Crippen LogP contribution in [0.25, 0.3) is 0 Å². The van der Waals surface area contributed by atoms with Gasteiger partial charge in [-0.1, -0.05) is 18.5 Å². The average molecular weight is 237 g/mol. The largest absolute Gasteiger partial charge is 0.363 e. The van der Waals surface area contributed by atoms with Gasteiger partial charge in [0.25, 0.3) is 0 Å². The van der Waals surface area contributed by atoms with Crippen LogP contribution in [0.4, 0.5) is 0 Å². The lowest BCUT2D eigenvalue weighted by atomic mass is 10.3. The molecule has 0 saturated heterocycles. The van der Waals surface area contributed by atoms with Crippen LogP contribution in [0.1, 0.15) is 19.0 Å². The fourth-order valence-electron chi connectivity index (χ4n) is 0.650. The molecule has 0 aliphatic rings. The van der Waals surface area contributed by atoms with Crippen LogP contribution >= 0.6 is 22.6 Å². The Kier molecular flexibility index (Phi) is 2.50. The molecule has 0 aliphatic carbocycles. The zero-order valence-electron chi connectivity index (χ0n) is 5.22. The fraction of sp³-hybridized carbons (Fsp3) is 0.500. The quantitative estimate of drug-likeness (QED) is 0.737. The monoisotopic (exact) mass is 237 g/mol. The zero-order chi connectivity index (χ0) is 6.69. The predicted octanol–water partition coefficient (Wildman–Crippen LogP) is 2.23. The molecule has 0 bridgehead atoms. The maximum atomic E-state index is 4.74. The molecule has 0 amide bonds. The third-order valence-corrected chi connectivity index (χ3v) is 1.96. The SMILES string of the molecule is CCCc1nocc1I. The fourth-order valence-corrected chi connectivity index (χ4v) is 1.13. The minimum atomic E-state index is 1.02. The first-order chi connectivity index (χ1) is 4.34. The van der Waals surface area contributed by atoms with Crippen molar-refractivity contribution in [3.05, 3.63) is 15.5 Å². The molecular formula is C6H8INO. The normalized spacial score (nSPS) is 10.0. The second-order valence-electron chi connectivity index (χ2n) is 1.86. The van der Waals surface area contributed by atoms with Gasteiger partial charge in [-0.3, -0.25) is 0 Å². The summed E-state index contributed by atoms with van der Waals surface area (Å²) in [6.45, 7) is 2.13. The second-order valence-corrected chi connectivity index (χ2v) is 3.02. The summed E-state index contributed by atoms with van der Waals surface area (Å²) in [6, 6.07) is 0. The minimum Gasteiger partial charge on any atom is -0.363 e. The van der Waals surface area contributed by atoms with E-state index in [0.29, 0.717) is 0 Å². The Labute approximate surface area is 67.8 Å². The third kappa shape index (κ3) is 1.67. The summed E-state index contributed by atoms with van der Waals surface area (Å²) in [4.78, 5) is 0. The number of aromatic nitrogens is 1. The molecule has 1 aromatic rings. The van der Waals surface area contributed by atoms with Gasteiger partial charge in [-0.05, 0) is 29.0 Å². The molecule has 0 aromatic carbocycles. The van der Waals surface area contributed by atoms with E-state index in [9.17, 15) is 0 Å². The van der Waals surface area contributed by atoms with Gasteiger partial charge in [0.15, 0.2) is 0 Å². The van der Waals surface area contributed by atoms with Crippen LogP contribution in [0.3, 0.4) is 0 Å². The van der Waals surface area contributed by atoms with Crippen LogP contribution in [0.5, 0.6) is 0 Å². The molecule has 0 saturated carbocycles. The molecule has 1 aromatic heterocycles. The van der Waals surface area contributed by atoms with E-state index in [0.717, 1.165) is 22.1 Å². The van der Waals surface area contributed by atoms with E-state index in [1.54, 1.807) is 6.26 Å². The molecule has 3 heteroatoms. The predicted molar refractivity (Wildman–Crippen MR) is 43.2 cm³/mol. The van der Waals surface area contributed by atoms with E-state index < -0.39 is 0 Å². The second kappa shape index (κ2) is 3.20. The van der Waals surface area contributed by atoms with E-state index >= 15 is 0 Å². The maximum absolute atomic E-state index is 4.74. The highest BCUT2D eigenvalue weighted by Crippen LogP contribution is 2.10. The highest BCUT2D eigenvalue weighted by Gasteiger charge is 2.00. The third-order valence-electron chi connectivity index (χ3n) is 1.08. The summed E-state index contributed by atoms with van der Waals surface area (Å²) in [6.07, 6.45) is 3.82. The summed E-state index contributed by atoms with van der Waals surface area (Å²) in [7, 11) is 0. The minimum absolute atomic E-state index is 1.02. The van der Waals surface area contributed by atoms with Crippen molar-refractivity contribution in [2.24, 2.45) is 0 Å². The molecular weight excluding hydrogens is 229 g/mol. The molecule has 2 nitrogen and oxygen atoms in total. The molecule has 0 N–H and O–H groups in total. The molecule has 9 heavy (non-hydrogen) atoms. The van der Waals surface area contributed by atoms with Crippen molar-refractivity contribution in [3.8, 4) is 0 Å². The Bertz CT molecular complexity index is 185. The first-order valence-corrected chi connectivity index (χ1v) is 4.01. The highest BCUT2D eigenvalue weighted by molar-refractivity contribution is 14.1. The topological polar surface area (TPSA) is 26.0 Å². The Hall–Kier alpha value is -0.0600. The van der Waals surface area contributed by atoms with Gasteiger partial charge in [-0.25, -0.2) is 0 Å². The molecule has 0 spiro atoms. The van der Waals surface area contributed by atoms with Gasteiger partial charge in [-0.15, -0.1) is 0 Å². The van der Waals surface area contributed by atoms with Crippen molar-refractivity contribution in [1.29, 1.82) is 0 Å². The van der Waals surface area contributed by atoms with Gasteiger partial charge >= 0.3 is 0 Å². The molecule has 0 atom stereocenters. The number of hydrogen-bond donors (Lipinski definition) is 0. The molecule has 1 rings (SSSR count). The summed E-state index contributed by atoms with van der Waals surface area (Å²) >= 11 is 2.22. The smallest absolute Gasteiger partial charge is 0.137 e. The molecule has 0 aliphatic heterocycles. The lowest BCUT2D eigenvalue weighted by Gasteiger charge is -1.86. The average Bonchev–Trinajstić information content (AvgIpc) is 2.18. The first-order valence-electron chi connectivity index (χ1n) is 2.93. The lowest BCUT2D eigenvalue weighted by Crippen LogP contribution is -1.83. The number of halogens is 1. The van der Waals surface area contributed by atoms with Crippen molar-refractivity contribution in [3.63, 3.8) is 0 Å². The Balaban J connectivity index is 2.69. The molecule has 0 unspecified atom stereocenters. The standard InChI is InChI=1S/C6H8INO/c1-2-3-6-5(7)4-9-8-6/h4H,2-3H2,1H3. The maximum Gasteiger partial charge on any atom is 0.137 e. The van der Waals surface area contributed by atoms with Crippen LogP contribution in [0.2, 0.25) is 0 Å². The van der Waals surface area contributed by atoms with Crippen molar-refractivity contribution >= 4 is 22.6 Å². The number of rotatable bonds is 2. The number of aryl methyl sites for hydroxylation is 1. The van der Waals surface area contributed by atoms with Gasteiger partial charge in [0.1, 0.15) is 6.26 Å². The van der Waals surface area contributed by atoms with Crippen LogP contribution in [0, 0.1) is 3.57 Å². The highest BCUT2D eigenvalue weighted by atomic mass is 127. The number of hydrogen-bond acceptors (Lipinski definition) is 2. The van der Waals surface area contributed by atoms with E-state index in [2.05, 4.69) is 34.7 Å². The van der Waals surface area contributed by atoms with Crippen LogP contribution < -0.4 is 0 Å². The van der Waals surface area contributed by atoms with Crippen molar-refractivity contribution in [1.82, 2.24) is 5.16 Å². The molecule has 50 valence electrons. The van der Waals surface area contributed by atoms with E-state index in [1.165, 1.54) is 0 Å². The summed E-state index contributed by atoms with van der Waals surface area (Å²) in [5, 5.41) is 3.82. The van der Waals surface area contributed by atoms with Gasteiger partial charge in [0.2, 0.25) is 0 Å². The van der Waals surface area contributed by atoms with Gasteiger partial charge in [-0.2, -0.15) is 0 Å². The van der Waals surface area contributed by atoms with Crippen LogP contribution in [0.15, 0.2) is 10.8 Å². The van der Waals surface area contributed by atoms with Gasteiger partial charge < -0.3 is 4.52 Å². The molecule has 0 fully saturated rings. The van der Waals surface area contributed by atoms with Gasteiger partial charge in [0, 0.05) is 0 Å².